The molecule has 1 N–H and O–H groups in total. The number of ether oxygens (including phenoxy) is 1. The summed E-state index contributed by atoms with van der Waals surface area (Å²) in [6.07, 6.45) is 2.05. The van der Waals surface area contributed by atoms with Crippen LogP contribution in [-0.4, -0.2) is 41.9 Å². The van der Waals surface area contributed by atoms with Crippen molar-refractivity contribution in [1.82, 2.24) is 15.2 Å². The quantitative estimate of drug-likeness (QED) is 0.808. The molecule has 2 amide bonds. The molecule has 1 aliphatic rings. The number of aromatic nitrogens is 1. The van der Waals surface area contributed by atoms with Gasteiger partial charge < -0.3 is 15.0 Å². The summed E-state index contributed by atoms with van der Waals surface area (Å²) < 4.78 is 5.21. The van der Waals surface area contributed by atoms with Gasteiger partial charge in [0.05, 0.1) is 12.8 Å². The van der Waals surface area contributed by atoms with Gasteiger partial charge >= 0.3 is 0 Å². The molecule has 0 atom stereocenters. The molecular formula is C21H27N3O3S. The lowest BCUT2D eigenvalue weighted by molar-refractivity contribution is -0.131. The van der Waals surface area contributed by atoms with E-state index in [1.807, 2.05) is 29.2 Å². The van der Waals surface area contributed by atoms with Crippen LogP contribution >= 0.6 is 11.3 Å². The molecule has 0 spiro atoms. The Morgan fingerprint density at radius 2 is 2.07 bits per heavy atom. The zero-order valence-electron chi connectivity index (χ0n) is 16.7. The molecule has 0 fully saturated rings. The van der Waals surface area contributed by atoms with Crippen LogP contribution < -0.4 is 10.1 Å². The van der Waals surface area contributed by atoms with Crippen LogP contribution in [0.2, 0.25) is 0 Å². The summed E-state index contributed by atoms with van der Waals surface area (Å²) in [6.45, 7) is 5.92. The van der Waals surface area contributed by atoms with Gasteiger partial charge in [-0.3, -0.25) is 9.59 Å². The van der Waals surface area contributed by atoms with Crippen molar-refractivity contribution in [3.8, 4) is 5.75 Å². The van der Waals surface area contributed by atoms with Crippen molar-refractivity contribution in [3.05, 3.63) is 45.4 Å². The fourth-order valence-electron chi connectivity index (χ4n) is 3.23. The number of methoxy groups -OCH3 is 1. The first kappa shape index (κ1) is 20.3. The molecule has 2 aromatic rings. The maximum Gasteiger partial charge on any atom is 0.280 e. The summed E-state index contributed by atoms with van der Waals surface area (Å²) in [7, 11) is 1.62. The van der Waals surface area contributed by atoms with Crippen molar-refractivity contribution in [2.75, 3.05) is 20.2 Å². The first-order valence-corrected chi connectivity index (χ1v) is 10.5. The Morgan fingerprint density at radius 1 is 1.29 bits per heavy atom. The summed E-state index contributed by atoms with van der Waals surface area (Å²) in [5.74, 6) is 1.18. The molecule has 6 nitrogen and oxygen atoms in total. The molecule has 0 saturated heterocycles. The number of nitrogens with zero attached hydrogens (tertiary/aromatic N) is 2. The van der Waals surface area contributed by atoms with Gasteiger partial charge in [0, 0.05) is 43.8 Å². The Morgan fingerprint density at radius 3 is 2.82 bits per heavy atom. The molecule has 150 valence electrons. The van der Waals surface area contributed by atoms with Gasteiger partial charge in [0.15, 0.2) is 5.01 Å². The van der Waals surface area contributed by atoms with E-state index in [2.05, 4.69) is 24.1 Å². The molecule has 0 saturated carbocycles. The van der Waals surface area contributed by atoms with Crippen LogP contribution in [0.15, 0.2) is 24.3 Å². The number of rotatable bonds is 6. The number of thiazole rings is 1. The normalized spacial score (nSPS) is 13.8. The molecule has 0 aliphatic carbocycles. The van der Waals surface area contributed by atoms with Crippen LogP contribution in [0.1, 0.15) is 46.2 Å². The van der Waals surface area contributed by atoms with Crippen molar-refractivity contribution in [3.63, 3.8) is 0 Å². The number of fused-ring (bicyclic) bond motifs is 1. The number of nitrogens with one attached hydrogen (secondary N) is 1. The van der Waals surface area contributed by atoms with E-state index in [1.54, 1.807) is 7.11 Å². The highest BCUT2D eigenvalue weighted by Crippen LogP contribution is 2.24. The molecule has 7 heteroatoms. The summed E-state index contributed by atoms with van der Waals surface area (Å²) in [4.78, 5) is 32.4. The molecule has 0 unspecified atom stereocenters. The Hall–Kier alpha value is -2.41. The van der Waals surface area contributed by atoms with Crippen LogP contribution in [0.25, 0.3) is 0 Å². The molecule has 1 aromatic heterocycles. The zero-order valence-corrected chi connectivity index (χ0v) is 17.5. The lowest BCUT2D eigenvalue weighted by atomic mass is 10.1. The smallest absolute Gasteiger partial charge is 0.280 e. The fraction of sp³-hybridized carbons (Fsp3) is 0.476. The highest BCUT2D eigenvalue weighted by Gasteiger charge is 2.23. The summed E-state index contributed by atoms with van der Waals surface area (Å²) >= 11 is 1.44. The maximum atomic E-state index is 12.5. The number of hydrogen-bond acceptors (Lipinski definition) is 5. The highest BCUT2D eigenvalue weighted by molar-refractivity contribution is 7.13. The average molecular weight is 402 g/mol. The first-order valence-electron chi connectivity index (χ1n) is 9.63. The van der Waals surface area contributed by atoms with Gasteiger partial charge in [0.2, 0.25) is 5.91 Å². The van der Waals surface area contributed by atoms with Crippen LogP contribution in [0.4, 0.5) is 0 Å². The third kappa shape index (κ3) is 5.10. The second-order valence-electron chi connectivity index (χ2n) is 7.40. The van der Waals surface area contributed by atoms with Crippen molar-refractivity contribution < 1.29 is 14.3 Å². The molecular weight excluding hydrogens is 374 g/mol. The Labute approximate surface area is 169 Å². The van der Waals surface area contributed by atoms with Gasteiger partial charge in [-0.2, -0.15) is 0 Å². The Kier molecular flexibility index (Phi) is 6.67. The molecule has 28 heavy (non-hydrogen) atoms. The fourth-order valence-corrected chi connectivity index (χ4v) is 4.24. The van der Waals surface area contributed by atoms with E-state index < -0.39 is 0 Å². The average Bonchev–Trinajstić information content (AvgIpc) is 2.98. The van der Waals surface area contributed by atoms with E-state index in [9.17, 15) is 9.59 Å². The number of hydrogen-bond donors (Lipinski definition) is 1. The maximum absolute atomic E-state index is 12.5. The highest BCUT2D eigenvalue weighted by atomic mass is 32.1. The molecule has 0 bridgehead atoms. The third-order valence-electron chi connectivity index (χ3n) is 4.72. The van der Waals surface area contributed by atoms with Gasteiger partial charge in [-0.25, -0.2) is 4.98 Å². The zero-order chi connectivity index (χ0) is 20.1. The molecule has 1 aromatic carbocycles. The standard InChI is InChI=1S/C21H27N3O3S/c1-14(2)11-19(25)24-9-7-17-18(8-10-24)28-21(23-17)20(26)22-13-15-5-4-6-16(12-15)27-3/h4-6,12,14H,7-11,13H2,1-3H3,(H,22,26). The number of carbonyl (C=O) groups is 2. The van der Waals surface area contributed by atoms with E-state index >= 15 is 0 Å². The van der Waals surface area contributed by atoms with Crippen molar-refractivity contribution in [1.29, 1.82) is 0 Å². The number of carbonyl (C=O) groups excluding carboxylic acids is 2. The number of benzene rings is 1. The Bertz CT molecular complexity index is 822. The molecule has 3 rings (SSSR count). The van der Waals surface area contributed by atoms with E-state index in [1.165, 1.54) is 11.3 Å². The topological polar surface area (TPSA) is 71.5 Å². The minimum Gasteiger partial charge on any atom is -0.497 e. The Balaban J connectivity index is 1.58. The van der Waals surface area contributed by atoms with E-state index in [0.717, 1.165) is 28.3 Å². The third-order valence-corrected chi connectivity index (χ3v) is 5.88. The minimum atomic E-state index is -0.159. The van der Waals surface area contributed by atoms with Gasteiger partial charge in [-0.15, -0.1) is 11.3 Å². The lowest BCUT2D eigenvalue weighted by Gasteiger charge is -2.21. The summed E-state index contributed by atoms with van der Waals surface area (Å²) in [6, 6.07) is 7.62. The van der Waals surface area contributed by atoms with Crippen LogP contribution in [0, 0.1) is 5.92 Å². The van der Waals surface area contributed by atoms with Gasteiger partial charge in [-0.1, -0.05) is 26.0 Å². The van der Waals surface area contributed by atoms with Gasteiger partial charge in [-0.05, 0) is 23.6 Å². The molecule has 2 heterocycles. The lowest BCUT2D eigenvalue weighted by Crippen LogP contribution is -2.34. The minimum absolute atomic E-state index is 0.159. The predicted octanol–water partition coefficient (Wildman–Crippen LogP) is 3.06. The SMILES string of the molecule is COc1cccc(CNC(=O)c2nc3c(s2)CCN(C(=O)CC(C)C)CC3)c1. The first-order chi connectivity index (χ1) is 13.5. The second-order valence-corrected chi connectivity index (χ2v) is 8.49. The molecule has 1 aliphatic heterocycles. The summed E-state index contributed by atoms with van der Waals surface area (Å²) in [5.41, 5.74) is 1.93. The second kappa shape index (κ2) is 9.19. The van der Waals surface area contributed by atoms with Crippen molar-refractivity contribution in [2.45, 2.75) is 39.7 Å². The van der Waals surface area contributed by atoms with Gasteiger partial charge in [0.25, 0.3) is 5.91 Å². The summed E-state index contributed by atoms with van der Waals surface area (Å²) in [5, 5.41) is 3.42. The molecule has 0 radical (unpaired) electrons. The van der Waals surface area contributed by atoms with Crippen molar-refractivity contribution >= 4 is 23.2 Å². The van der Waals surface area contributed by atoms with Crippen LogP contribution in [-0.2, 0) is 24.2 Å². The van der Waals surface area contributed by atoms with E-state index in [0.29, 0.717) is 43.4 Å². The van der Waals surface area contributed by atoms with Gasteiger partial charge in [0.1, 0.15) is 5.75 Å². The number of amides is 2. The van der Waals surface area contributed by atoms with Crippen LogP contribution in [0.5, 0.6) is 5.75 Å². The van der Waals surface area contributed by atoms with Crippen molar-refractivity contribution in [2.24, 2.45) is 5.92 Å². The van der Waals surface area contributed by atoms with E-state index in [-0.39, 0.29) is 11.8 Å². The largest absolute Gasteiger partial charge is 0.497 e. The van der Waals surface area contributed by atoms with Crippen LogP contribution in [0.3, 0.4) is 0 Å². The monoisotopic (exact) mass is 401 g/mol. The van der Waals surface area contributed by atoms with E-state index in [4.69, 9.17) is 4.74 Å². The predicted molar refractivity (Wildman–Crippen MR) is 110 cm³/mol.